The molecule has 0 aliphatic carbocycles. The highest BCUT2D eigenvalue weighted by Crippen LogP contribution is 2.48. The lowest BCUT2D eigenvalue weighted by molar-refractivity contribution is 0.663. The van der Waals surface area contributed by atoms with E-state index in [4.69, 9.17) is 13.3 Å². The van der Waals surface area contributed by atoms with Crippen LogP contribution in [-0.4, -0.2) is 0 Å². The number of fused-ring (bicyclic) bond motifs is 10. The first-order valence-electron chi connectivity index (χ1n) is 19.6. The van der Waals surface area contributed by atoms with Crippen molar-refractivity contribution < 1.29 is 13.3 Å². The average Bonchev–Trinajstić information content (AvgIpc) is 3.99. The molecule has 0 saturated carbocycles. The molecule has 58 heavy (non-hydrogen) atoms. The van der Waals surface area contributed by atoms with Crippen LogP contribution in [0.2, 0.25) is 0 Å². The summed E-state index contributed by atoms with van der Waals surface area (Å²) in [6.45, 7) is 0. The van der Waals surface area contributed by atoms with Gasteiger partial charge < -0.3 is 18.2 Å². The summed E-state index contributed by atoms with van der Waals surface area (Å²) in [5.41, 5.74) is 14.9. The zero-order valence-electron chi connectivity index (χ0n) is 31.2. The second kappa shape index (κ2) is 12.9. The molecule has 0 unspecified atom stereocenters. The van der Waals surface area contributed by atoms with Crippen molar-refractivity contribution >= 4 is 82.9 Å². The third-order valence-electron chi connectivity index (χ3n) is 11.5. The molecule has 0 aliphatic rings. The van der Waals surface area contributed by atoms with Gasteiger partial charge in [0.1, 0.15) is 33.5 Å². The standard InChI is InChI=1S/C54H33NO3/c1-3-12-37(13-4-1)55(38-14-5-2-6-15-38)39-28-26-35(27-29-39)34-22-24-36(25-23-34)40-30-31-42(44-19-11-18-43-41-16-7-9-20-46(41)57-53(43)44)51-52-49(58-54(40)51)33-32-48-50(52)45-17-8-10-21-47(45)56-48/h1-33H. The molecule has 4 heteroatoms. The van der Waals surface area contributed by atoms with Crippen molar-refractivity contribution in [1.29, 1.82) is 0 Å². The normalized spacial score (nSPS) is 11.8. The first-order valence-corrected chi connectivity index (χ1v) is 19.6. The molecule has 0 N–H and O–H groups in total. The summed E-state index contributed by atoms with van der Waals surface area (Å²) in [6.07, 6.45) is 0. The van der Waals surface area contributed by atoms with Gasteiger partial charge >= 0.3 is 0 Å². The van der Waals surface area contributed by atoms with Crippen molar-refractivity contribution in [3.05, 3.63) is 200 Å². The minimum atomic E-state index is 0.816. The fourth-order valence-corrected chi connectivity index (χ4v) is 8.84. The van der Waals surface area contributed by atoms with Crippen molar-refractivity contribution in [2.24, 2.45) is 0 Å². The molecule has 9 aromatic carbocycles. The molecule has 4 nitrogen and oxygen atoms in total. The largest absolute Gasteiger partial charge is 0.456 e. The van der Waals surface area contributed by atoms with Crippen molar-refractivity contribution in [3.63, 3.8) is 0 Å². The number of anilines is 3. The molecule has 12 rings (SSSR count). The summed E-state index contributed by atoms with van der Waals surface area (Å²) in [5, 5.41) is 6.40. The van der Waals surface area contributed by atoms with Crippen molar-refractivity contribution in [1.82, 2.24) is 0 Å². The lowest BCUT2D eigenvalue weighted by Crippen LogP contribution is -2.09. The van der Waals surface area contributed by atoms with E-state index in [2.05, 4.69) is 169 Å². The topological polar surface area (TPSA) is 42.7 Å². The fraction of sp³-hybridized carbons (Fsp3) is 0. The van der Waals surface area contributed by atoms with E-state index in [0.717, 1.165) is 116 Å². The van der Waals surface area contributed by atoms with Crippen LogP contribution in [-0.2, 0) is 0 Å². The highest BCUT2D eigenvalue weighted by molar-refractivity contribution is 6.30. The van der Waals surface area contributed by atoms with Gasteiger partial charge in [0.15, 0.2) is 0 Å². The molecule has 0 bridgehead atoms. The van der Waals surface area contributed by atoms with E-state index in [1.165, 1.54) is 0 Å². The molecule has 0 fully saturated rings. The number of benzene rings is 9. The van der Waals surface area contributed by atoms with Crippen LogP contribution in [0.25, 0.3) is 99.2 Å². The Morgan fingerprint density at radius 1 is 0.259 bits per heavy atom. The molecular formula is C54H33NO3. The summed E-state index contributed by atoms with van der Waals surface area (Å²) in [7, 11) is 0. The third-order valence-corrected chi connectivity index (χ3v) is 11.5. The second-order valence-corrected chi connectivity index (χ2v) is 14.8. The summed E-state index contributed by atoms with van der Waals surface area (Å²) >= 11 is 0. The van der Waals surface area contributed by atoms with Crippen LogP contribution < -0.4 is 4.90 Å². The van der Waals surface area contributed by atoms with Crippen LogP contribution in [0.1, 0.15) is 0 Å². The van der Waals surface area contributed by atoms with E-state index in [-0.39, 0.29) is 0 Å². The van der Waals surface area contributed by atoms with Crippen LogP contribution in [0.3, 0.4) is 0 Å². The first kappa shape index (κ1) is 32.4. The van der Waals surface area contributed by atoms with Gasteiger partial charge in [-0.15, -0.1) is 0 Å². The zero-order valence-corrected chi connectivity index (χ0v) is 31.2. The van der Waals surface area contributed by atoms with E-state index in [1.807, 2.05) is 36.4 Å². The Morgan fingerprint density at radius 2 is 0.776 bits per heavy atom. The Balaban J connectivity index is 1.01. The fourth-order valence-electron chi connectivity index (χ4n) is 8.84. The Bertz CT molecular complexity index is 3440. The highest BCUT2D eigenvalue weighted by atomic mass is 16.3. The van der Waals surface area contributed by atoms with Gasteiger partial charge in [-0.1, -0.05) is 133 Å². The number of hydrogen-bond acceptors (Lipinski definition) is 4. The lowest BCUT2D eigenvalue weighted by Gasteiger charge is -2.25. The van der Waals surface area contributed by atoms with Gasteiger partial charge in [-0.3, -0.25) is 0 Å². The molecule has 272 valence electrons. The summed E-state index contributed by atoms with van der Waals surface area (Å²) < 4.78 is 20.0. The number of rotatable bonds is 6. The number of para-hydroxylation sites is 5. The highest BCUT2D eigenvalue weighted by Gasteiger charge is 2.24. The molecule has 0 aliphatic heterocycles. The maximum absolute atomic E-state index is 6.94. The van der Waals surface area contributed by atoms with Gasteiger partial charge in [-0.25, -0.2) is 0 Å². The maximum atomic E-state index is 6.94. The Morgan fingerprint density at radius 3 is 1.48 bits per heavy atom. The predicted octanol–water partition coefficient (Wildman–Crippen LogP) is 15.9. The Hall–Kier alpha value is -7.82. The van der Waals surface area contributed by atoms with E-state index in [9.17, 15) is 0 Å². The predicted molar refractivity (Wildman–Crippen MR) is 239 cm³/mol. The molecule has 0 spiro atoms. The van der Waals surface area contributed by atoms with Gasteiger partial charge in [0.2, 0.25) is 0 Å². The second-order valence-electron chi connectivity index (χ2n) is 14.8. The van der Waals surface area contributed by atoms with Crippen molar-refractivity contribution in [2.75, 3.05) is 4.90 Å². The van der Waals surface area contributed by atoms with Crippen LogP contribution in [0, 0.1) is 0 Å². The third kappa shape index (κ3) is 5.02. The van der Waals surface area contributed by atoms with Gasteiger partial charge in [0, 0.05) is 60.5 Å². The average molecular weight is 744 g/mol. The number of hydrogen-bond donors (Lipinski definition) is 0. The smallest absolute Gasteiger partial charge is 0.143 e. The van der Waals surface area contributed by atoms with Crippen LogP contribution in [0.5, 0.6) is 0 Å². The van der Waals surface area contributed by atoms with E-state index >= 15 is 0 Å². The molecule has 0 saturated heterocycles. The lowest BCUT2D eigenvalue weighted by atomic mass is 9.92. The Kier molecular flexibility index (Phi) is 7.20. The van der Waals surface area contributed by atoms with Crippen LogP contribution in [0.4, 0.5) is 17.1 Å². The van der Waals surface area contributed by atoms with Gasteiger partial charge in [0.05, 0.1) is 0 Å². The minimum absolute atomic E-state index is 0.816. The van der Waals surface area contributed by atoms with Crippen LogP contribution >= 0.6 is 0 Å². The molecule has 0 atom stereocenters. The first-order chi connectivity index (χ1) is 28.8. The molecular weight excluding hydrogens is 711 g/mol. The van der Waals surface area contributed by atoms with Gasteiger partial charge in [0.25, 0.3) is 0 Å². The van der Waals surface area contributed by atoms with Crippen molar-refractivity contribution in [3.8, 4) is 33.4 Å². The summed E-state index contributed by atoms with van der Waals surface area (Å²) in [5.74, 6) is 0. The molecule has 3 heterocycles. The van der Waals surface area contributed by atoms with Crippen LogP contribution in [0.15, 0.2) is 213 Å². The summed E-state index contributed by atoms with van der Waals surface area (Å²) in [6, 6.07) is 70.0. The Labute approximate surface area is 333 Å². The zero-order chi connectivity index (χ0) is 38.2. The SMILES string of the molecule is c1ccc(N(c2ccccc2)c2ccc(-c3ccc(-c4ccc(-c5cccc6c5oc5ccccc56)c5c4oc4ccc6oc7ccccc7c6c45)cc3)cc2)cc1. The molecule has 0 radical (unpaired) electrons. The summed E-state index contributed by atoms with van der Waals surface area (Å²) in [4.78, 5) is 2.28. The molecule has 0 amide bonds. The van der Waals surface area contributed by atoms with Crippen molar-refractivity contribution in [2.45, 2.75) is 0 Å². The van der Waals surface area contributed by atoms with Gasteiger partial charge in [-0.2, -0.15) is 0 Å². The van der Waals surface area contributed by atoms with E-state index in [1.54, 1.807) is 0 Å². The molecule has 12 aromatic rings. The van der Waals surface area contributed by atoms with E-state index in [0.29, 0.717) is 0 Å². The minimum Gasteiger partial charge on any atom is -0.456 e. The van der Waals surface area contributed by atoms with Gasteiger partial charge in [-0.05, 0) is 89.0 Å². The quantitative estimate of drug-likeness (QED) is 0.170. The van der Waals surface area contributed by atoms with E-state index < -0.39 is 0 Å². The monoisotopic (exact) mass is 743 g/mol. The number of furan rings is 3. The maximum Gasteiger partial charge on any atom is 0.143 e. The number of nitrogens with zero attached hydrogens (tertiary/aromatic N) is 1. The molecule has 3 aromatic heterocycles.